The Labute approximate surface area is 172 Å². The average molecular weight is 411 g/mol. The van der Waals surface area contributed by atoms with Gasteiger partial charge in [0.2, 0.25) is 5.76 Å². The van der Waals surface area contributed by atoms with E-state index in [1.807, 2.05) is 13.8 Å². The number of allylic oxidation sites excluding steroid dienone is 1. The number of amides is 1. The van der Waals surface area contributed by atoms with Gasteiger partial charge >= 0.3 is 0 Å². The van der Waals surface area contributed by atoms with E-state index in [4.69, 9.17) is 10.5 Å². The predicted molar refractivity (Wildman–Crippen MR) is 110 cm³/mol. The number of nitrogens with one attached hydrogen (secondary N) is 1. The first kappa shape index (κ1) is 19.6. The number of benzene rings is 1. The Morgan fingerprint density at radius 1 is 1.37 bits per heavy atom. The minimum Gasteiger partial charge on any atom is -0.463 e. The van der Waals surface area contributed by atoms with Crippen molar-refractivity contribution in [3.63, 3.8) is 0 Å². The van der Waals surface area contributed by atoms with Gasteiger partial charge in [-0.2, -0.15) is 4.98 Å². The molecule has 156 valence electrons. The van der Waals surface area contributed by atoms with Crippen LogP contribution in [-0.2, 0) is 9.53 Å². The minimum atomic E-state index is -0.650. The van der Waals surface area contributed by atoms with Gasteiger partial charge in [0, 0.05) is 11.7 Å². The summed E-state index contributed by atoms with van der Waals surface area (Å²) in [6, 6.07) is 4.78. The van der Waals surface area contributed by atoms with Gasteiger partial charge in [0.15, 0.2) is 12.1 Å². The second-order valence-corrected chi connectivity index (χ2v) is 7.35. The van der Waals surface area contributed by atoms with Crippen LogP contribution in [0.15, 0.2) is 42.0 Å². The first-order valence-electron chi connectivity index (χ1n) is 9.50. The summed E-state index contributed by atoms with van der Waals surface area (Å²) in [7, 11) is 0. The van der Waals surface area contributed by atoms with Gasteiger partial charge in [0.25, 0.3) is 11.7 Å². The lowest BCUT2D eigenvalue weighted by atomic mass is 10.1. The average Bonchev–Trinajstić information content (AvgIpc) is 3.22. The number of rotatable bonds is 5. The number of carbonyl (C=O) groups excluding carboxylic acids is 1. The Morgan fingerprint density at radius 2 is 2.13 bits per heavy atom. The number of primary amides is 1. The fourth-order valence-electron chi connectivity index (χ4n) is 3.47. The predicted octanol–water partition coefficient (Wildman–Crippen LogP) is 2.65. The highest BCUT2D eigenvalue weighted by Crippen LogP contribution is 2.34. The lowest BCUT2D eigenvalue weighted by Gasteiger charge is -2.24. The highest BCUT2D eigenvalue weighted by molar-refractivity contribution is 5.92. The molecule has 1 aromatic carbocycles. The van der Waals surface area contributed by atoms with Crippen molar-refractivity contribution in [3.8, 4) is 11.4 Å². The topological polar surface area (TPSA) is 111 Å². The normalized spacial score (nSPS) is 16.5. The molecule has 0 saturated carbocycles. The fraction of sp³-hybridized carbons (Fsp3) is 0.300. The summed E-state index contributed by atoms with van der Waals surface area (Å²) in [6.45, 7) is 7.53. The molecule has 0 bridgehead atoms. The number of hydrogen-bond acceptors (Lipinski definition) is 7. The summed E-state index contributed by atoms with van der Waals surface area (Å²) in [5.74, 6) is -0.474. The molecule has 1 amide bonds. The molecule has 1 unspecified atom stereocenters. The van der Waals surface area contributed by atoms with Crippen molar-refractivity contribution in [2.45, 2.75) is 40.0 Å². The molecule has 0 saturated heterocycles. The summed E-state index contributed by atoms with van der Waals surface area (Å²) in [5.41, 5.74) is 7.56. The van der Waals surface area contributed by atoms with E-state index in [2.05, 4.69) is 20.4 Å². The Morgan fingerprint density at radius 3 is 2.80 bits per heavy atom. The van der Waals surface area contributed by atoms with Gasteiger partial charge in [-0.05, 0) is 45.9 Å². The lowest BCUT2D eigenvalue weighted by molar-refractivity contribution is -0.118. The molecule has 30 heavy (non-hydrogen) atoms. The molecular weight excluding hydrogens is 389 g/mol. The van der Waals surface area contributed by atoms with E-state index in [-0.39, 0.29) is 23.2 Å². The van der Waals surface area contributed by atoms with Crippen LogP contribution in [0, 0.1) is 5.82 Å². The largest absolute Gasteiger partial charge is 0.463 e. The Kier molecular flexibility index (Phi) is 4.76. The molecule has 3 heterocycles. The quantitative estimate of drug-likeness (QED) is 0.664. The van der Waals surface area contributed by atoms with Crippen LogP contribution < -0.4 is 16.0 Å². The first-order chi connectivity index (χ1) is 14.2. The van der Waals surface area contributed by atoms with Crippen LogP contribution in [0.25, 0.3) is 17.2 Å². The van der Waals surface area contributed by atoms with Gasteiger partial charge in [-0.15, -0.1) is 5.10 Å². The highest BCUT2D eigenvalue weighted by atomic mass is 19.1. The number of nitrogens with two attached hydrogens (primary N) is 1. The molecule has 9 nitrogen and oxygen atoms in total. The molecule has 3 N–H and O–H groups in total. The molecular formula is C20H22FN7O2. The van der Waals surface area contributed by atoms with Crippen molar-refractivity contribution >= 4 is 23.1 Å². The SMILES string of the molecule is CC1=C(C(N)=O)OC(C)N1c1ccc(F)c(-c2nc3ncc(NC(C)C)cn3n2)c1. The molecule has 2 aromatic heterocycles. The zero-order valence-corrected chi connectivity index (χ0v) is 17.0. The second kappa shape index (κ2) is 7.29. The molecule has 1 aliphatic rings. The molecule has 1 aliphatic heterocycles. The van der Waals surface area contributed by atoms with Crippen molar-refractivity contribution in [3.05, 3.63) is 47.9 Å². The Balaban J connectivity index is 1.75. The number of aromatic nitrogens is 4. The van der Waals surface area contributed by atoms with Crippen LogP contribution in [0.2, 0.25) is 0 Å². The third-order valence-electron chi connectivity index (χ3n) is 4.68. The molecule has 0 fully saturated rings. The van der Waals surface area contributed by atoms with E-state index in [1.54, 1.807) is 43.3 Å². The second-order valence-electron chi connectivity index (χ2n) is 7.35. The van der Waals surface area contributed by atoms with Crippen molar-refractivity contribution < 1.29 is 13.9 Å². The van der Waals surface area contributed by atoms with E-state index in [0.717, 1.165) is 5.69 Å². The molecule has 3 aromatic rings. The third-order valence-corrected chi connectivity index (χ3v) is 4.68. The Bertz CT molecular complexity index is 1170. The van der Waals surface area contributed by atoms with Crippen LogP contribution in [0.3, 0.4) is 0 Å². The smallest absolute Gasteiger partial charge is 0.285 e. The molecule has 0 spiro atoms. The van der Waals surface area contributed by atoms with E-state index < -0.39 is 18.0 Å². The van der Waals surface area contributed by atoms with Crippen LogP contribution in [0.1, 0.15) is 27.7 Å². The maximum Gasteiger partial charge on any atom is 0.285 e. The van der Waals surface area contributed by atoms with Crippen molar-refractivity contribution in [1.82, 2.24) is 19.6 Å². The molecule has 10 heteroatoms. The van der Waals surface area contributed by atoms with Crippen LogP contribution >= 0.6 is 0 Å². The van der Waals surface area contributed by atoms with Crippen molar-refractivity contribution in [2.75, 3.05) is 10.2 Å². The van der Waals surface area contributed by atoms with Gasteiger partial charge in [-0.3, -0.25) is 4.79 Å². The zero-order chi connectivity index (χ0) is 21.6. The number of nitrogens with zero attached hydrogens (tertiary/aromatic N) is 5. The van der Waals surface area contributed by atoms with Gasteiger partial charge in [0.1, 0.15) is 5.82 Å². The maximum absolute atomic E-state index is 14.7. The van der Waals surface area contributed by atoms with Gasteiger partial charge in [-0.25, -0.2) is 13.9 Å². The molecule has 0 radical (unpaired) electrons. The lowest BCUT2D eigenvalue weighted by Crippen LogP contribution is -2.27. The number of ether oxygens (including phenoxy) is 1. The molecule has 4 rings (SSSR count). The zero-order valence-electron chi connectivity index (χ0n) is 17.0. The summed E-state index contributed by atoms with van der Waals surface area (Å²) in [4.78, 5) is 22.0. The number of carbonyl (C=O) groups is 1. The Hall–Kier alpha value is -3.69. The maximum atomic E-state index is 14.7. The number of hydrogen-bond donors (Lipinski definition) is 2. The monoisotopic (exact) mass is 411 g/mol. The standard InChI is InChI=1S/C20H22FN7O2/c1-10(2)24-13-8-23-20-25-19(26-27(20)9-13)15-7-14(5-6-16(15)21)28-11(3)17(18(22)29)30-12(28)4/h5-10,12,24H,1-4H3,(H2,22,29). The number of fused-ring (bicyclic) bond motifs is 1. The summed E-state index contributed by atoms with van der Waals surface area (Å²) < 4.78 is 21.7. The minimum absolute atomic E-state index is 0.0913. The fourth-order valence-corrected chi connectivity index (χ4v) is 3.47. The molecule has 0 aliphatic carbocycles. The number of halogens is 1. The van der Waals surface area contributed by atoms with Crippen LogP contribution in [0.5, 0.6) is 0 Å². The first-order valence-corrected chi connectivity index (χ1v) is 9.50. The van der Waals surface area contributed by atoms with E-state index in [9.17, 15) is 9.18 Å². The van der Waals surface area contributed by atoms with Crippen molar-refractivity contribution in [2.24, 2.45) is 5.73 Å². The third kappa shape index (κ3) is 3.40. The van der Waals surface area contributed by atoms with Crippen molar-refractivity contribution in [1.29, 1.82) is 0 Å². The van der Waals surface area contributed by atoms with E-state index in [1.165, 1.54) is 10.6 Å². The van der Waals surface area contributed by atoms with Gasteiger partial charge < -0.3 is 20.7 Å². The summed E-state index contributed by atoms with van der Waals surface area (Å²) in [6.07, 6.45) is 2.94. The van der Waals surface area contributed by atoms with E-state index >= 15 is 0 Å². The summed E-state index contributed by atoms with van der Waals surface area (Å²) >= 11 is 0. The summed E-state index contributed by atoms with van der Waals surface area (Å²) in [5, 5.41) is 7.63. The van der Waals surface area contributed by atoms with E-state index in [0.29, 0.717) is 17.2 Å². The number of anilines is 2. The van der Waals surface area contributed by atoms with Gasteiger partial charge in [-0.1, -0.05) is 0 Å². The van der Waals surface area contributed by atoms with Gasteiger partial charge in [0.05, 0.1) is 29.3 Å². The highest BCUT2D eigenvalue weighted by Gasteiger charge is 2.32. The van der Waals surface area contributed by atoms with Crippen LogP contribution in [0.4, 0.5) is 15.8 Å². The molecule has 1 atom stereocenters. The van der Waals surface area contributed by atoms with Crippen LogP contribution in [-0.4, -0.2) is 37.8 Å².